The Hall–Kier alpha value is -1.30. The molecule has 0 saturated carbocycles. The molecule has 1 N–H and O–H groups in total. The summed E-state index contributed by atoms with van der Waals surface area (Å²) in [6.45, 7) is 8.16. The molecule has 0 saturated heterocycles. The van der Waals surface area contributed by atoms with Gasteiger partial charge >= 0.3 is 0 Å². The molecule has 96 valence electrons. The van der Waals surface area contributed by atoms with Gasteiger partial charge in [0.1, 0.15) is 0 Å². The van der Waals surface area contributed by atoms with Crippen molar-refractivity contribution in [3.63, 3.8) is 0 Å². The Labute approximate surface area is 105 Å². The van der Waals surface area contributed by atoms with Crippen LogP contribution in [-0.4, -0.2) is 12.5 Å². The molecule has 0 bridgehead atoms. The molecule has 0 aromatic heterocycles. The number of hydrogen-bond acceptors (Lipinski definition) is 2. The summed E-state index contributed by atoms with van der Waals surface area (Å²) in [5.74, 6) is -0.495. The number of rotatable bonds is 9. The first-order chi connectivity index (χ1) is 8.13. The van der Waals surface area contributed by atoms with E-state index in [1.165, 1.54) is 25.7 Å². The first-order valence-electron chi connectivity index (χ1n) is 6.50. The monoisotopic (exact) mass is 236 g/mol. The predicted octanol–water partition coefficient (Wildman–Crippen LogP) is 3.18. The van der Waals surface area contributed by atoms with Crippen LogP contribution in [0.25, 0.3) is 0 Å². The Kier molecular flexibility index (Phi) is 9.14. The lowest BCUT2D eigenvalue weighted by atomic mass is 10.0. The largest absolute Gasteiger partial charge is 0.356 e. The number of unbranched alkanes of at least 4 members (excludes halogenated alkanes) is 5. The molecular formula is C14H24N2O. The first-order valence-corrected chi connectivity index (χ1v) is 6.50. The minimum Gasteiger partial charge on any atom is -0.356 e. The molecular weight excluding hydrogens is 212 g/mol. The van der Waals surface area contributed by atoms with Gasteiger partial charge in [0.2, 0.25) is 5.91 Å². The van der Waals surface area contributed by atoms with Gasteiger partial charge in [-0.2, -0.15) is 5.26 Å². The standard InChI is InChI=1S/C14H24N2O/c1-4-5-6-7-8-9-10-16-14(17)13(3)12(2)11-15/h13H,2,4-10H2,1,3H3,(H,16,17). The Morgan fingerprint density at radius 2 is 1.88 bits per heavy atom. The normalized spacial score (nSPS) is 11.6. The third-order valence-electron chi connectivity index (χ3n) is 2.89. The maximum Gasteiger partial charge on any atom is 0.227 e. The fourth-order valence-corrected chi connectivity index (χ4v) is 1.53. The molecule has 0 radical (unpaired) electrons. The van der Waals surface area contributed by atoms with E-state index >= 15 is 0 Å². The molecule has 0 aliphatic carbocycles. The van der Waals surface area contributed by atoms with Crippen LogP contribution in [-0.2, 0) is 4.79 Å². The molecule has 3 heteroatoms. The van der Waals surface area contributed by atoms with Gasteiger partial charge < -0.3 is 5.32 Å². The summed E-state index contributed by atoms with van der Waals surface area (Å²) in [6.07, 6.45) is 7.25. The van der Waals surface area contributed by atoms with Crippen molar-refractivity contribution in [3.8, 4) is 6.07 Å². The maximum absolute atomic E-state index is 11.6. The fourth-order valence-electron chi connectivity index (χ4n) is 1.53. The zero-order valence-corrected chi connectivity index (χ0v) is 11.1. The predicted molar refractivity (Wildman–Crippen MR) is 70.3 cm³/mol. The Bertz CT molecular complexity index is 278. The van der Waals surface area contributed by atoms with Gasteiger partial charge in [0, 0.05) is 12.1 Å². The summed E-state index contributed by atoms with van der Waals surface area (Å²) >= 11 is 0. The van der Waals surface area contributed by atoms with Gasteiger partial charge in [0.25, 0.3) is 0 Å². The van der Waals surface area contributed by atoms with Gasteiger partial charge in [-0.25, -0.2) is 0 Å². The van der Waals surface area contributed by atoms with Crippen LogP contribution in [0, 0.1) is 17.2 Å². The number of nitrogens with one attached hydrogen (secondary N) is 1. The van der Waals surface area contributed by atoms with E-state index < -0.39 is 5.92 Å². The van der Waals surface area contributed by atoms with Crippen LogP contribution >= 0.6 is 0 Å². The lowest BCUT2D eigenvalue weighted by Crippen LogP contribution is -2.30. The van der Waals surface area contributed by atoms with Gasteiger partial charge in [-0.05, 0) is 13.3 Å². The maximum atomic E-state index is 11.6. The van der Waals surface area contributed by atoms with E-state index in [1.807, 2.05) is 6.07 Å². The van der Waals surface area contributed by atoms with Gasteiger partial charge in [-0.15, -0.1) is 0 Å². The molecule has 17 heavy (non-hydrogen) atoms. The third-order valence-corrected chi connectivity index (χ3v) is 2.89. The van der Waals surface area contributed by atoms with Crippen molar-refractivity contribution in [2.75, 3.05) is 6.54 Å². The second kappa shape index (κ2) is 9.89. The van der Waals surface area contributed by atoms with E-state index in [-0.39, 0.29) is 5.91 Å². The van der Waals surface area contributed by atoms with Crippen LogP contribution in [0.3, 0.4) is 0 Å². The highest BCUT2D eigenvalue weighted by atomic mass is 16.1. The molecule has 0 rings (SSSR count). The van der Waals surface area contributed by atoms with Crippen molar-refractivity contribution in [2.24, 2.45) is 5.92 Å². The highest BCUT2D eigenvalue weighted by molar-refractivity contribution is 5.81. The molecule has 1 atom stereocenters. The minimum absolute atomic E-state index is 0.0925. The summed E-state index contributed by atoms with van der Waals surface area (Å²) in [5, 5.41) is 11.5. The van der Waals surface area contributed by atoms with E-state index in [1.54, 1.807) is 6.92 Å². The zero-order valence-electron chi connectivity index (χ0n) is 11.1. The summed E-state index contributed by atoms with van der Waals surface area (Å²) < 4.78 is 0. The summed E-state index contributed by atoms with van der Waals surface area (Å²) in [7, 11) is 0. The number of carbonyl (C=O) groups is 1. The van der Waals surface area contributed by atoms with Crippen LogP contribution in [0.5, 0.6) is 0 Å². The highest BCUT2D eigenvalue weighted by Gasteiger charge is 2.14. The average Bonchev–Trinajstić information content (AvgIpc) is 2.35. The zero-order chi connectivity index (χ0) is 13.1. The number of carbonyl (C=O) groups excluding carboxylic acids is 1. The molecule has 0 aliphatic heterocycles. The topological polar surface area (TPSA) is 52.9 Å². The van der Waals surface area contributed by atoms with Crippen molar-refractivity contribution < 1.29 is 4.79 Å². The van der Waals surface area contributed by atoms with Crippen LogP contribution in [0.4, 0.5) is 0 Å². The quantitative estimate of drug-likeness (QED) is 0.494. The first kappa shape index (κ1) is 15.7. The smallest absolute Gasteiger partial charge is 0.227 e. The second-order valence-electron chi connectivity index (χ2n) is 4.42. The molecule has 0 spiro atoms. The Morgan fingerprint density at radius 3 is 2.47 bits per heavy atom. The molecule has 1 unspecified atom stereocenters. The lowest BCUT2D eigenvalue weighted by Gasteiger charge is -2.10. The molecule has 3 nitrogen and oxygen atoms in total. The molecule has 0 aromatic carbocycles. The average molecular weight is 236 g/mol. The summed E-state index contributed by atoms with van der Waals surface area (Å²) in [4.78, 5) is 11.6. The van der Waals surface area contributed by atoms with Crippen molar-refractivity contribution >= 4 is 5.91 Å². The lowest BCUT2D eigenvalue weighted by molar-refractivity contribution is -0.123. The molecule has 0 aromatic rings. The molecule has 0 heterocycles. The Morgan fingerprint density at radius 1 is 1.29 bits per heavy atom. The summed E-state index contributed by atoms with van der Waals surface area (Å²) in [5.41, 5.74) is 0.324. The van der Waals surface area contributed by atoms with Crippen molar-refractivity contribution in [1.82, 2.24) is 5.32 Å². The van der Waals surface area contributed by atoms with E-state index in [2.05, 4.69) is 18.8 Å². The second-order valence-corrected chi connectivity index (χ2v) is 4.42. The van der Waals surface area contributed by atoms with Crippen LogP contribution in [0.1, 0.15) is 52.4 Å². The Balaban J connectivity index is 3.52. The number of hydrogen-bond donors (Lipinski definition) is 1. The SMILES string of the molecule is C=C(C#N)C(C)C(=O)NCCCCCCCC. The molecule has 0 fully saturated rings. The minimum atomic E-state index is -0.403. The van der Waals surface area contributed by atoms with E-state index in [0.717, 1.165) is 12.8 Å². The van der Waals surface area contributed by atoms with Crippen LogP contribution < -0.4 is 5.32 Å². The fraction of sp³-hybridized carbons (Fsp3) is 0.714. The van der Waals surface area contributed by atoms with Gasteiger partial charge in [-0.3, -0.25) is 4.79 Å². The molecule has 0 aliphatic rings. The summed E-state index contributed by atoms with van der Waals surface area (Å²) in [6, 6.07) is 1.92. The van der Waals surface area contributed by atoms with Gasteiger partial charge in [0.05, 0.1) is 12.0 Å². The van der Waals surface area contributed by atoms with E-state index in [9.17, 15) is 4.79 Å². The van der Waals surface area contributed by atoms with Crippen molar-refractivity contribution in [1.29, 1.82) is 5.26 Å². The number of nitriles is 1. The number of nitrogens with zero attached hydrogens (tertiary/aromatic N) is 1. The van der Waals surface area contributed by atoms with Crippen LogP contribution in [0.15, 0.2) is 12.2 Å². The third kappa shape index (κ3) is 7.57. The molecule has 1 amide bonds. The van der Waals surface area contributed by atoms with Gasteiger partial charge in [0.15, 0.2) is 0 Å². The van der Waals surface area contributed by atoms with E-state index in [4.69, 9.17) is 5.26 Å². The van der Waals surface area contributed by atoms with Crippen molar-refractivity contribution in [2.45, 2.75) is 52.4 Å². The van der Waals surface area contributed by atoms with Crippen molar-refractivity contribution in [3.05, 3.63) is 12.2 Å². The number of amides is 1. The van der Waals surface area contributed by atoms with Gasteiger partial charge in [-0.1, -0.05) is 45.6 Å². The highest BCUT2D eigenvalue weighted by Crippen LogP contribution is 2.07. The van der Waals surface area contributed by atoms with Crippen LogP contribution in [0.2, 0.25) is 0 Å². The van der Waals surface area contributed by atoms with E-state index in [0.29, 0.717) is 12.1 Å².